The minimum atomic E-state index is 0.0646. The molecule has 1 saturated carbocycles. The highest BCUT2D eigenvalue weighted by Crippen LogP contribution is 2.30. The average Bonchev–Trinajstić information content (AvgIpc) is 2.36. The van der Waals surface area contributed by atoms with Crippen molar-refractivity contribution < 1.29 is 9.53 Å². The average molecular weight is 256 g/mol. The molecule has 1 aliphatic rings. The molecule has 0 aromatic heterocycles. The molecule has 4 nitrogen and oxygen atoms in total. The molecule has 0 aliphatic heterocycles. The van der Waals surface area contributed by atoms with Gasteiger partial charge in [0.1, 0.15) is 6.61 Å². The molecule has 4 heteroatoms. The summed E-state index contributed by atoms with van der Waals surface area (Å²) in [5, 5.41) is 0. The van der Waals surface area contributed by atoms with Crippen LogP contribution < -0.4 is 5.73 Å². The number of nitrogens with two attached hydrogens (primary N) is 1. The zero-order chi connectivity index (χ0) is 13.5. The van der Waals surface area contributed by atoms with Crippen LogP contribution in [-0.4, -0.2) is 43.7 Å². The first-order valence-corrected chi connectivity index (χ1v) is 7.10. The van der Waals surface area contributed by atoms with E-state index in [2.05, 4.69) is 13.8 Å². The van der Waals surface area contributed by atoms with E-state index in [1.165, 1.54) is 6.42 Å². The summed E-state index contributed by atoms with van der Waals surface area (Å²) in [6.45, 7) is 6.13. The van der Waals surface area contributed by atoms with Crippen molar-refractivity contribution in [2.45, 2.75) is 45.6 Å². The van der Waals surface area contributed by atoms with Crippen LogP contribution in [-0.2, 0) is 9.53 Å². The minimum absolute atomic E-state index is 0.0646. The Morgan fingerprint density at radius 3 is 2.67 bits per heavy atom. The van der Waals surface area contributed by atoms with E-state index in [-0.39, 0.29) is 18.6 Å². The summed E-state index contributed by atoms with van der Waals surface area (Å²) in [6.07, 6.45) is 4.50. The second kappa shape index (κ2) is 7.74. The summed E-state index contributed by atoms with van der Waals surface area (Å²) >= 11 is 0. The van der Waals surface area contributed by atoms with Crippen LogP contribution in [0.1, 0.15) is 39.5 Å². The summed E-state index contributed by atoms with van der Waals surface area (Å²) in [5.41, 5.74) is 5.43. The van der Waals surface area contributed by atoms with Crippen molar-refractivity contribution >= 4 is 5.91 Å². The Morgan fingerprint density at radius 1 is 1.33 bits per heavy atom. The van der Waals surface area contributed by atoms with Gasteiger partial charge in [-0.2, -0.15) is 0 Å². The second-order valence-electron chi connectivity index (χ2n) is 5.66. The van der Waals surface area contributed by atoms with E-state index >= 15 is 0 Å². The molecular weight excluding hydrogens is 228 g/mol. The van der Waals surface area contributed by atoms with Gasteiger partial charge in [-0.1, -0.05) is 13.8 Å². The third-order valence-corrected chi connectivity index (χ3v) is 4.12. The molecule has 3 unspecified atom stereocenters. The van der Waals surface area contributed by atoms with Crippen LogP contribution in [0.25, 0.3) is 0 Å². The van der Waals surface area contributed by atoms with E-state index in [0.717, 1.165) is 31.7 Å². The number of likely N-dealkylation sites (N-methyl/N-ethyl adjacent to an activating group) is 1. The largest absolute Gasteiger partial charge is 0.368 e. The van der Waals surface area contributed by atoms with Crippen LogP contribution in [0, 0.1) is 11.8 Å². The van der Waals surface area contributed by atoms with Gasteiger partial charge in [0.25, 0.3) is 0 Å². The quantitative estimate of drug-likeness (QED) is 0.786. The first-order valence-electron chi connectivity index (χ1n) is 7.10. The molecule has 106 valence electrons. The molecule has 0 radical (unpaired) electrons. The molecule has 2 N–H and O–H groups in total. The van der Waals surface area contributed by atoms with Crippen LogP contribution in [0.5, 0.6) is 0 Å². The van der Waals surface area contributed by atoms with E-state index in [1.807, 2.05) is 7.05 Å². The molecule has 1 amide bonds. The number of amides is 1. The maximum absolute atomic E-state index is 11.8. The summed E-state index contributed by atoms with van der Waals surface area (Å²) in [5.74, 6) is 1.55. The second-order valence-corrected chi connectivity index (χ2v) is 5.66. The summed E-state index contributed by atoms with van der Waals surface area (Å²) in [4.78, 5) is 13.5. The summed E-state index contributed by atoms with van der Waals surface area (Å²) in [7, 11) is 1.81. The third kappa shape index (κ3) is 4.94. The predicted molar refractivity (Wildman–Crippen MR) is 73.2 cm³/mol. The first-order chi connectivity index (χ1) is 8.54. The van der Waals surface area contributed by atoms with E-state index in [9.17, 15) is 4.79 Å². The monoisotopic (exact) mass is 256 g/mol. The molecule has 0 heterocycles. The molecule has 1 rings (SSSR count). The van der Waals surface area contributed by atoms with Gasteiger partial charge in [0.15, 0.2) is 0 Å². The molecule has 0 bridgehead atoms. The molecule has 18 heavy (non-hydrogen) atoms. The fourth-order valence-corrected chi connectivity index (χ4v) is 2.40. The maximum atomic E-state index is 11.8. The Morgan fingerprint density at radius 2 is 2.06 bits per heavy atom. The van der Waals surface area contributed by atoms with Gasteiger partial charge in [-0.3, -0.25) is 4.79 Å². The Bertz CT molecular complexity index is 258. The molecule has 0 aromatic rings. The van der Waals surface area contributed by atoms with Crippen molar-refractivity contribution in [1.29, 1.82) is 0 Å². The van der Waals surface area contributed by atoms with E-state index < -0.39 is 0 Å². The summed E-state index contributed by atoms with van der Waals surface area (Å²) in [6, 6.07) is 0. The van der Waals surface area contributed by atoms with Crippen LogP contribution in [0.15, 0.2) is 0 Å². The number of ether oxygens (including phenoxy) is 1. The standard InChI is InChI=1S/C14H28N2O2/c1-11-5-6-13(9-12(11)2)18-10-14(17)16(3)8-4-7-15/h11-13H,4-10,15H2,1-3H3. The van der Waals surface area contributed by atoms with Crippen molar-refractivity contribution in [2.24, 2.45) is 17.6 Å². The third-order valence-electron chi connectivity index (χ3n) is 4.12. The van der Waals surface area contributed by atoms with Crippen molar-refractivity contribution in [1.82, 2.24) is 4.90 Å². The summed E-state index contributed by atoms with van der Waals surface area (Å²) < 4.78 is 5.74. The minimum Gasteiger partial charge on any atom is -0.368 e. The molecule has 3 atom stereocenters. The van der Waals surface area contributed by atoms with Gasteiger partial charge in [-0.05, 0) is 44.1 Å². The van der Waals surface area contributed by atoms with Crippen molar-refractivity contribution in [3.8, 4) is 0 Å². The van der Waals surface area contributed by atoms with Crippen molar-refractivity contribution in [3.63, 3.8) is 0 Å². The Kier molecular flexibility index (Phi) is 6.65. The van der Waals surface area contributed by atoms with Crippen LogP contribution in [0.2, 0.25) is 0 Å². The van der Waals surface area contributed by atoms with Gasteiger partial charge in [0, 0.05) is 13.6 Å². The van der Waals surface area contributed by atoms with Gasteiger partial charge in [0.2, 0.25) is 5.91 Å². The maximum Gasteiger partial charge on any atom is 0.248 e. The topological polar surface area (TPSA) is 55.6 Å². The van der Waals surface area contributed by atoms with E-state index in [1.54, 1.807) is 4.90 Å². The smallest absolute Gasteiger partial charge is 0.248 e. The Balaban J connectivity index is 2.22. The highest BCUT2D eigenvalue weighted by Gasteiger charge is 2.25. The lowest BCUT2D eigenvalue weighted by Crippen LogP contribution is -2.35. The first kappa shape index (κ1) is 15.4. The molecule has 0 aromatic carbocycles. The lowest BCUT2D eigenvalue weighted by molar-refractivity contribution is -0.138. The zero-order valence-electron chi connectivity index (χ0n) is 12.0. The van der Waals surface area contributed by atoms with Gasteiger partial charge in [-0.25, -0.2) is 0 Å². The number of nitrogens with zero attached hydrogens (tertiary/aromatic N) is 1. The van der Waals surface area contributed by atoms with E-state index in [0.29, 0.717) is 12.5 Å². The van der Waals surface area contributed by atoms with Crippen LogP contribution in [0.3, 0.4) is 0 Å². The van der Waals surface area contributed by atoms with E-state index in [4.69, 9.17) is 10.5 Å². The van der Waals surface area contributed by atoms with Crippen molar-refractivity contribution in [2.75, 3.05) is 26.7 Å². The van der Waals surface area contributed by atoms with Crippen molar-refractivity contribution in [3.05, 3.63) is 0 Å². The fraction of sp³-hybridized carbons (Fsp3) is 0.929. The molecule has 0 saturated heterocycles. The number of hydrogen-bond donors (Lipinski definition) is 1. The number of carbonyl (C=O) groups is 1. The van der Waals surface area contributed by atoms with Gasteiger partial charge >= 0.3 is 0 Å². The lowest BCUT2D eigenvalue weighted by atomic mass is 9.80. The lowest BCUT2D eigenvalue weighted by Gasteiger charge is -2.32. The normalized spacial score (nSPS) is 28.1. The SMILES string of the molecule is CC1CCC(OCC(=O)N(C)CCCN)CC1C. The Labute approximate surface area is 111 Å². The zero-order valence-corrected chi connectivity index (χ0v) is 12.0. The van der Waals surface area contributed by atoms with Crippen LogP contribution in [0.4, 0.5) is 0 Å². The molecule has 1 aliphatic carbocycles. The molecule has 0 spiro atoms. The number of hydrogen-bond acceptors (Lipinski definition) is 3. The van der Waals surface area contributed by atoms with Crippen LogP contribution >= 0.6 is 0 Å². The predicted octanol–water partition coefficient (Wildman–Crippen LogP) is 1.63. The van der Waals surface area contributed by atoms with Gasteiger partial charge in [-0.15, -0.1) is 0 Å². The number of carbonyl (C=O) groups excluding carboxylic acids is 1. The number of rotatable bonds is 6. The molecule has 1 fully saturated rings. The Hall–Kier alpha value is -0.610. The van der Waals surface area contributed by atoms with Gasteiger partial charge in [0.05, 0.1) is 6.10 Å². The van der Waals surface area contributed by atoms with Gasteiger partial charge < -0.3 is 15.4 Å². The highest BCUT2D eigenvalue weighted by molar-refractivity contribution is 5.77. The molecular formula is C14H28N2O2. The highest BCUT2D eigenvalue weighted by atomic mass is 16.5. The fourth-order valence-electron chi connectivity index (χ4n) is 2.40.